The van der Waals surface area contributed by atoms with Crippen LogP contribution in [0.2, 0.25) is 0 Å². The van der Waals surface area contributed by atoms with E-state index >= 15 is 0 Å². The van der Waals surface area contributed by atoms with E-state index in [1.54, 1.807) is 37.6 Å². The number of fused-ring (bicyclic) bond motifs is 3. The van der Waals surface area contributed by atoms with Crippen LogP contribution in [0, 0.1) is 0 Å². The molecule has 0 bridgehead atoms. The maximum atomic E-state index is 13.5. The molecule has 3 heterocycles. The molecule has 0 fully saturated rings. The molecule has 0 spiro atoms. The first kappa shape index (κ1) is 22.2. The van der Waals surface area contributed by atoms with Crippen LogP contribution in [0.5, 0.6) is 5.75 Å². The Kier molecular flexibility index (Phi) is 5.42. The number of carbonyl (C=O) groups is 3. The molecule has 2 aliphatic rings. The van der Waals surface area contributed by atoms with E-state index in [9.17, 15) is 14.4 Å². The molecule has 6 rings (SSSR count). The van der Waals surface area contributed by atoms with Gasteiger partial charge in [-0.2, -0.15) is 0 Å². The molecule has 1 N–H and O–H groups in total. The summed E-state index contributed by atoms with van der Waals surface area (Å²) in [7, 11) is 1.61. The van der Waals surface area contributed by atoms with Gasteiger partial charge in [-0.1, -0.05) is 36.4 Å². The van der Waals surface area contributed by atoms with E-state index in [2.05, 4.69) is 16.0 Å². The predicted octanol–water partition coefficient (Wildman–Crippen LogP) is 4.25. The van der Waals surface area contributed by atoms with Gasteiger partial charge in [0.25, 0.3) is 11.8 Å². The first-order chi connectivity index (χ1) is 17.5. The van der Waals surface area contributed by atoms with E-state index in [-0.39, 0.29) is 36.7 Å². The summed E-state index contributed by atoms with van der Waals surface area (Å²) in [6, 6.07) is 20.3. The number of ketones is 1. The van der Waals surface area contributed by atoms with Gasteiger partial charge in [0.2, 0.25) is 0 Å². The van der Waals surface area contributed by atoms with Crippen molar-refractivity contribution in [1.82, 2.24) is 14.8 Å². The fourth-order valence-electron chi connectivity index (χ4n) is 5.42. The van der Waals surface area contributed by atoms with E-state index in [4.69, 9.17) is 4.74 Å². The van der Waals surface area contributed by atoms with Crippen LogP contribution >= 0.6 is 0 Å². The number of nitrogens with one attached hydrogen (secondary N) is 1. The van der Waals surface area contributed by atoms with Crippen molar-refractivity contribution in [2.45, 2.75) is 12.5 Å². The smallest absolute Gasteiger partial charge is 0.261 e. The number of amides is 2. The molecule has 2 aliphatic heterocycles. The Labute approximate surface area is 208 Å². The predicted molar refractivity (Wildman–Crippen MR) is 135 cm³/mol. The minimum absolute atomic E-state index is 0.0156. The Hall–Kier alpha value is -4.23. The third-order valence-corrected chi connectivity index (χ3v) is 7.29. The topological polar surface area (TPSA) is 82.7 Å². The first-order valence-corrected chi connectivity index (χ1v) is 12.0. The van der Waals surface area contributed by atoms with E-state index < -0.39 is 0 Å². The third-order valence-electron chi connectivity index (χ3n) is 7.29. The SMILES string of the molecule is COc1ccc2c(C(=O)CN3CCc4ccccc4[C@@H]3CN3C(=O)c4ccccc4C3=O)c[nH]c2c1. The Balaban J connectivity index is 1.30. The normalized spacial score (nSPS) is 17.4. The molecule has 1 aromatic heterocycles. The van der Waals surface area contributed by atoms with Crippen molar-refractivity contribution in [2.75, 3.05) is 26.7 Å². The van der Waals surface area contributed by atoms with Gasteiger partial charge in [0.15, 0.2) is 5.78 Å². The van der Waals surface area contributed by atoms with Gasteiger partial charge in [0.1, 0.15) is 5.75 Å². The van der Waals surface area contributed by atoms with Crippen LogP contribution in [0.25, 0.3) is 10.9 Å². The van der Waals surface area contributed by atoms with E-state index in [1.165, 1.54) is 10.5 Å². The zero-order valence-electron chi connectivity index (χ0n) is 19.9. The molecule has 2 amide bonds. The number of ether oxygens (including phenoxy) is 1. The van der Waals surface area contributed by atoms with Crippen LogP contribution in [-0.4, -0.2) is 59.1 Å². The number of carbonyl (C=O) groups excluding carboxylic acids is 3. The Bertz CT molecular complexity index is 1490. The van der Waals surface area contributed by atoms with Gasteiger partial charge in [-0.25, -0.2) is 0 Å². The maximum Gasteiger partial charge on any atom is 0.261 e. The molecule has 1 atom stereocenters. The van der Waals surface area contributed by atoms with Crippen LogP contribution in [-0.2, 0) is 6.42 Å². The summed E-state index contributed by atoms with van der Waals surface area (Å²) >= 11 is 0. The minimum Gasteiger partial charge on any atom is -0.497 e. The molecule has 0 saturated heterocycles. The highest BCUT2D eigenvalue weighted by Gasteiger charge is 2.39. The van der Waals surface area contributed by atoms with E-state index in [1.807, 2.05) is 36.4 Å². The number of hydrogen-bond donors (Lipinski definition) is 1. The second-order valence-corrected chi connectivity index (χ2v) is 9.24. The summed E-state index contributed by atoms with van der Waals surface area (Å²) in [6.45, 7) is 1.04. The lowest BCUT2D eigenvalue weighted by Gasteiger charge is -2.38. The van der Waals surface area contributed by atoms with Crippen molar-refractivity contribution in [2.24, 2.45) is 0 Å². The molecule has 0 unspecified atom stereocenters. The summed E-state index contributed by atoms with van der Waals surface area (Å²) < 4.78 is 5.29. The zero-order valence-corrected chi connectivity index (χ0v) is 19.9. The van der Waals surface area contributed by atoms with Crippen molar-refractivity contribution in [3.05, 3.63) is 101 Å². The third kappa shape index (κ3) is 3.60. The first-order valence-electron chi connectivity index (χ1n) is 12.0. The monoisotopic (exact) mass is 479 g/mol. The number of Topliss-reactive ketones (excluding diaryl/α,β-unsaturated/α-hetero) is 1. The lowest BCUT2D eigenvalue weighted by Crippen LogP contribution is -2.45. The molecule has 7 nitrogen and oxygen atoms in total. The number of H-pyrrole nitrogens is 1. The Morgan fingerprint density at radius 3 is 2.47 bits per heavy atom. The van der Waals surface area contributed by atoms with Crippen LogP contribution in [0.4, 0.5) is 0 Å². The average molecular weight is 480 g/mol. The van der Waals surface area contributed by atoms with Crippen molar-refractivity contribution in [3.63, 3.8) is 0 Å². The van der Waals surface area contributed by atoms with Crippen LogP contribution in [0.1, 0.15) is 48.2 Å². The van der Waals surface area contributed by atoms with Crippen molar-refractivity contribution in [1.29, 1.82) is 0 Å². The second-order valence-electron chi connectivity index (χ2n) is 9.24. The number of rotatable bonds is 6. The standard InChI is InChI=1S/C29H25N3O4/c1-36-19-10-11-21-24(15-30-25(21)14-19)27(33)17-31-13-12-18-6-2-3-7-20(18)26(31)16-32-28(34)22-8-4-5-9-23(22)29(32)35/h2-11,14-15,26,30H,12-13,16-17H2,1H3/t26-/m0/s1. The number of benzene rings is 3. The average Bonchev–Trinajstić information content (AvgIpc) is 3.44. The van der Waals surface area contributed by atoms with Gasteiger partial charge >= 0.3 is 0 Å². The van der Waals surface area contributed by atoms with E-state index in [0.29, 0.717) is 23.2 Å². The van der Waals surface area contributed by atoms with Gasteiger partial charge in [-0.3, -0.25) is 24.2 Å². The highest BCUT2D eigenvalue weighted by Crippen LogP contribution is 2.34. The van der Waals surface area contributed by atoms with Gasteiger partial charge in [0, 0.05) is 41.8 Å². The van der Waals surface area contributed by atoms with Gasteiger partial charge in [-0.05, 0) is 41.8 Å². The molecule has 7 heteroatoms. The summed E-state index contributed by atoms with van der Waals surface area (Å²) in [5, 5.41) is 0.843. The van der Waals surface area contributed by atoms with Gasteiger partial charge in [-0.15, -0.1) is 0 Å². The second kappa shape index (κ2) is 8.77. The Morgan fingerprint density at radius 1 is 1.00 bits per heavy atom. The maximum absolute atomic E-state index is 13.5. The van der Waals surface area contributed by atoms with Crippen molar-refractivity contribution in [3.8, 4) is 5.75 Å². The molecule has 4 aromatic rings. The molecule has 0 aliphatic carbocycles. The minimum atomic E-state index is -0.282. The summed E-state index contributed by atoms with van der Waals surface area (Å²) in [4.78, 5) is 46.3. The van der Waals surface area contributed by atoms with Gasteiger partial charge < -0.3 is 9.72 Å². The quantitative estimate of drug-likeness (QED) is 0.330. The van der Waals surface area contributed by atoms with E-state index in [0.717, 1.165) is 28.6 Å². The lowest BCUT2D eigenvalue weighted by molar-refractivity contribution is 0.0574. The molecule has 3 aromatic carbocycles. The number of methoxy groups -OCH3 is 1. The lowest BCUT2D eigenvalue weighted by atomic mass is 9.91. The van der Waals surface area contributed by atoms with Crippen LogP contribution < -0.4 is 4.74 Å². The number of aromatic amines is 1. The fourth-order valence-corrected chi connectivity index (χ4v) is 5.42. The number of imide groups is 1. The van der Waals surface area contributed by atoms with Crippen LogP contribution in [0.3, 0.4) is 0 Å². The molecular formula is C29H25N3O4. The molecular weight excluding hydrogens is 454 g/mol. The number of hydrogen-bond acceptors (Lipinski definition) is 5. The Morgan fingerprint density at radius 2 is 1.72 bits per heavy atom. The molecule has 180 valence electrons. The zero-order chi connectivity index (χ0) is 24.8. The fraction of sp³-hybridized carbons (Fsp3) is 0.207. The van der Waals surface area contributed by atoms with Crippen LogP contribution in [0.15, 0.2) is 72.9 Å². The number of nitrogens with zero attached hydrogens (tertiary/aromatic N) is 2. The summed E-state index contributed by atoms with van der Waals surface area (Å²) in [5.41, 5.74) is 4.56. The van der Waals surface area contributed by atoms with Crippen molar-refractivity contribution < 1.29 is 19.1 Å². The molecule has 0 radical (unpaired) electrons. The summed E-state index contributed by atoms with van der Waals surface area (Å²) in [5.74, 6) is 0.140. The number of aromatic nitrogens is 1. The van der Waals surface area contributed by atoms with Crippen molar-refractivity contribution >= 4 is 28.5 Å². The largest absolute Gasteiger partial charge is 0.497 e. The molecule has 36 heavy (non-hydrogen) atoms. The van der Waals surface area contributed by atoms with Gasteiger partial charge in [0.05, 0.1) is 30.8 Å². The molecule has 0 saturated carbocycles. The summed E-state index contributed by atoms with van der Waals surface area (Å²) in [6.07, 6.45) is 2.54. The highest BCUT2D eigenvalue weighted by atomic mass is 16.5. The highest BCUT2D eigenvalue weighted by molar-refractivity contribution is 6.21.